The highest BCUT2D eigenvalue weighted by atomic mass is 35.5. The van der Waals surface area contributed by atoms with Crippen LogP contribution in [0.3, 0.4) is 0 Å². The number of benzene rings is 1. The first-order valence-electron chi connectivity index (χ1n) is 5.41. The molecule has 1 aromatic rings. The number of hydrogen-bond donors (Lipinski definition) is 1. The van der Waals surface area contributed by atoms with Crippen molar-refractivity contribution in [1.29, 1.82) is 0 Å². The Morgan fingerprint density at radius 3 is 3.00 bits per heavy atom. The van der Waals surface area contributed by atoms with Gasteiger partial charge in [0.15, 0.2) is 0 Å². The van der Waals surface area contributed by atoms with Gasteiger partial charge in [-0.3, -0.25) is 0 Å². The maximum atomic E-state index is 6.02. The lowest BCUT2D eigenvalue weighted by Gasteiger charge is -2.31. The van der Waals surface area contributed by atoms with E-state index in [9.17, 15) is 0 Å². The highest BCUT2D eigenvalue weighted by Gasteiger charge is 2.25. The summed E-state index contributed by atoms with van der Waals surface area (Å²) >= 11 is 6.02. The minimum atomic E-state index is 0.126. The zero-order valence-corrected chi connectivity index (χ0v) is 10.3. The molecule has 88 valence electrons. The first-order chi connectivity index (χ1) is 7.72. The third-order valence-electron chi connectivity index (χ3n) is 2.84. The average Bonchev–Trinajstić information content (AvgIpc) is 2.29. The van der Waals surface area contributed by atoms with Crippen molar-refractivity contribution in [3.05, 3.63) is 28.8 Å². The van der Waals surface area contributed by atoms with Gasteiger partial charge in [0.2, 0.25) is 0 Å². The number of morpholine rings is 1. The SMILES string of the molecule is COc1ccc(Cl)cc1C1NCCOC1C. The molecular formula is C12H16ClNO2. The van der Waals surface area contributed by atoms with Crippen LogP contribution in [0.4, 0.5) is 0 Å². The van der Waals surface area contributed by atoms with Gasteiger partial charge in [-0.25, -0.2) is 0 Å². The number of halogens is 1. The Labute approximate surface area is 101 Å². The molecule has 1 saturated heterocycles. The minimum absolute atomic E-state index is 0.126. The van der Waals surface area contributed by atoms with Crippen LogP contribution >= 0.6 is 11.6 Å². The Bertz CT molecular complexity index is 370. The average molecular weight is 242 g/mol. The summed E-state index contributed by atoms with van der Waals surface area (Å²) in [7, 11) is 1.67. The van der Waals surface area contributed by atoms with Crippen LogP contribution in [0.15, 0.2) is 18.2 Å². The maximum Gasteiger partial charge on any atom is 0.123 e. The normalized spacial score (nSPS) is 25.4. The van der Waals surface area contributed by atoms with E-state index in [1.165, 1.54) is 0 Å². The molecule has 0 amide bonds. The molecule has 1 aliphatic heterocycles. The van der Waals surface area contributed by atoms with Crippen molar-refractivity contribution in [3.63, 3.8) is 0 Å². The second-order valence-electron chi connectivity index (χ2n) is 3.89. The summed E-state index contributed by atoms with van der Waals surface area (Å²) in [4.78, 5) is 0. The Balaban J connectivity index is 2.33. The van der Waals surface area contributed by atoms with E-state index in [4.69, 9.17) is 21.1 Å². The molecule has 1 fully saturated rings. The number of ether oxygens (including phenoxy) is 2. The van der Waals surface area contributed by atoms with Crippen molar-refractivity contribution in [2.45, 2.75) is 19.1 Å². The summed E-state index contributed by atoms with van der Waals surface area (Å²) in [6, 6.07) is 5.80. The second-order valence-corrected chi connectivity index (χ2v) is 4.33. The van der Waals surface area contributed by atoms with Crippen molar-refractivity contribution in [1.82, 2.24) is 5.32 Å². The summed E-state index contributed by atoms with van der Waals surface area (Å²) in [5, 5.41) is 4.14. The van der Waals surface area contributed by atoms with Crippen LogP contribution < -0.4 is 10.1 Å². The summed E-state index contributed by atoms with van der Waals surface area (Å²) in [5.74, 6) is 0.847. The quantitative estimate of drug-likeness (QED) is 0.863. The molecule has 1 aromatic carbocycles. The zero-order valence-electron chi connectivity index (χ0n) is 9.50. The van der Waals surface area contributed by atoms with E-state index < -0.39 is 0 Å². The fourth-order valence-corrected chi connectivity index (χ4v) is 2.21. The number of nitrogens with one attached hydrogen (secondary N) is 1. The van der Waals surface area contributed by atoms with Crippen LogP contribution in [0.2, 0.25) is 5.02 Å². The Morgan fingerprint density at radius 2 is 2.31 bits per heavy atom. The van der Waals surface area contributed by atoms with E-state index in [2.05, 4.69) is 12.2 Å². The van der Waals surface area contributed by atoms with Gasteiger partial charge in [0.1, 0.15) is 5.75 Å². The molecule has 0 aliphatic carbocycles. The molecule has 1 heterocycles. The van der Waals surface area contributed by atoms with Gasteiger partial charge in [-0.15, -0.1) is 0 Å². The lowest BCUT2D eigenvalue weighted by molar-refractivity contribution is 0.00696. The predicted molar refractivity (Wildman–Crippen MR) is 64.2 cm³/mol. The van der Waals surface area contributed by atoms with Crippen molar-refractivity contribution in [2.24, 2.45) is 0 Å². The molecule has 4 heteroatoms. The van der Waals surface area contributed by atoms with Crippen LogP contribution in [0.5, 0.6) is 5.75 Å². The molecule has 0 bridgehead atoms. The van der Waals surface area contributed by atoms with Crippen LogP contribution in [0.1, 0.15) is 18.5 Å². The minimum Gasteiger partial charge on any atom is -0.496 e. The molecule has 0 radical (unpaired) electrons. The van der Waals surface area contributed by atoms with Crippen LogP contribution in [0, 0.1) is 0 Å². The second kappa shape index (κ2) is 5.04. The summed E-state index contributed by atoms with van der Waals surface area (Å²) in [6.07, 6.45) is 0.126. The molecule has 16 heavy (non-hydrogen) atoms. The Kier molecular flexibility index (Phi) is 3.69. The summed E-state index contributed by atoms with van der Waals surface area (Å²) < 4.78 is 11.0. The van der Waals surface area contributed by atoms with Crippen LogP contribution in [0.25, 0.3) is 0 Å². The molecule has 2 rings (SSSR count). The van der Waals surface area contributed by atoms with Gasteiger partial charge in [-0.1, -0.05) is 11.6 Å². The van der Waals surface area contributed by atoms with Gasteiger partial charge in [0.25, 0.3) is 0 Å². The third-order valence-corrected chi connectivity index (χ3v) is 3.08. The zero-order chi connectivity index (χ0) is 11.5. The van der Waals surface area contributed by atoms with Gasteiger partial charge >= 0.3 is 0 Å². The lowest BCUT2D eigenvalue weighted by Crippen LogP contribution is -2.40. The van der Waals surface area contributed by atoms with Crippen LogP contribution in [-0.2, 0) is 4.74 Å². The van der Waals surface area contributed by atoms with Gasteiger partial charge in [0.05, 0.1) is 25.9 Å². The molecular weight excluding hydrogens is 226 g/mol. The van der Waals surface area contributed by atoms with Crippen molar-refractivity contribution in [2.75, 3.05) is 20.3 Å². The number of hydrogen-bond acceptors (Lipinski definition) is 3. The maximum absolute atomic E-state index is 6.02. The fourth-order valence-electron chi connectivity index (χ4n) is 2.03. The predicted octanol–water partition coefficient (Wildman–Crippen LogP) is 2.40. The molecule has 2 atom stereocenters. The van der Waals surface area contributed by atoms with E-state index in [-0.39, 0.29) is 12.1 Å². The van der Waals surface area contributed by atoms with Gasteiger partial charge in [-0.2, -0.15) is 0 Å². The van der Waals surface area contributed by atoms with Gasteiger partial charge in [0, 0.05) is 17.1 Å². The standard InChI is InChI=1S/C12H16ClNO2/c1-8-12(14-5-6-16-8)10-7-9(13)3-4-11(10)15-2/h3-4,7-8,12,14H,5-6H2,1-2H3. The molecule has 1 aliphatic rings. The molecule has 3 nitrogen and oxygen atoms in total. The van der Waals surface area contributed by atoms with Crippen LogP contribution in [-0.4, -0.2) is 26.4 Å². The Hall–Kier alpha value is -0.770. The highest BCUT2D eigenvalue weighted by Crippen LogP contribution is 2.31. The van der Waals surface area contributed by atoms with E-state index in [1.54, 1.807) is 7.11 Å². The summed E-state index contributed by atoms with van der Waals surface area (Å²) in [5.41, 5.74) is 1.06. The third kappa shape index (κ3) is 2.32. The molecule has 0 aromatic heterocycles. The van der Waals surface area contributed by atoms with Gasteiger partial charge in [-0.05, 0) is 25.1 Å². The van der Waals surface area contributed by atoms with E-state index in [0.29, 0.717) is 0 Å². The van der Waals surface area contributed by atoms with Crippen molar-refractivity contribution < 1.29 is 9.47 Å². The Morgan fingerprint density at radius 1 is 1.50 bits per heavy atom. The fraction of sp³-hybridized carbons (Fsp3) is 0.500. The summed E-state index contributed by atoms with van der Waals surface area (Å²) in [6.45, 7) is 3.66. The largest absolute Gasteiger partial charge is 0.496 e. The molecule has 0 spiro atoms. The van der Waals surface area contributed by atoms with E-state index >= 15 is 0 Å². The smallest absolute Gasteiger partial charge is 0.123 e. The number of methoxy groups -OCH3 is 1. The van der Waals surface area contributed by atoms with E-state index in [1.807, 2.05) is 18.2 Å². The lowest BCUT2D eigenvalue weighted by atomic mass is 10.00. The number of rotatable bonds is 2. The molecule has 2 unspecified atom stereocenters. The molecule has 1 N–H and O–H groups in total. The van der Waals surface area contributed by atoms with Crippen molar-refractivity contribution >= 4 is 11.6 Å². The first-order valence-corrected chi connectivity index (χ1v) is 5.78. The first kappa shape index (κ1) is 11.7. The highest BCUT2D eigenvalue weighted by molar-refractivity contribution is 6.30. The topological polar surface area (TPSA) is 30.5 Å². The van der Waals surface area contributed by atoms with E-state index in [0.717, 1.165) is 29.5 Å². The monoisotopic (exact) mass is 241 g/mol. The van der Waals surface area contributed by atoms with Gasteiger partial charge < -0.3 is 14.8 Å². The van der Waals surface area contributed by atoms with Crippen molar-refractivity contribution in [3.8, 4) is 5.75 Å². The molecule has 0 saturated carbocycles.